The molecule has 0 aliphatic rings. The molecule has 0 spiro atoms. The molecule has 2 N–H and O–H groups in total. The molecule has 1 rings (SSSR count). The van der Waals surface area contributed by atoms with Gasteiger partial charge >= 0.3 is 0 Å². The van der Waals surface area contributed by atoms with Crippen LogP contribution in [0, 0.1) is 5.82 Å². The Labute approximate surface area is 113 Å². The van der Waals surface area contributed by atoms with Crippen LogP contribution in [0.4, 0.5) is 10.1 Å². The maximum Gasteiger partial charge on any atom is 0.239 e. The Kier molecular flexibility index (Phi) is 5.76. The summed E-state index contributed by atoms with van der Waals surface area (Å²) in [6.45, 7) is 6.49. The summed E-state index contributed by atoms with van der Waals surface area (Å²) in [6.07, 6.45) is -0.706. The number of aliphatic hydroxyl groups is 1. The first-order valence-electron chi connectivity index (χ1n) is 6.48. The molecule has 1 aromatic rings. The lowest BCUT2D eigenvalue weighted by atomic mass is 10.1. The van der Waals surface area contributed by atoms with E-state index in [1.807, 2.05) is 13.8 Å². The van der Waals surface area contributed by atoms with Crippen LogP contribution in [0.1, 0.15) is 32.4 Å². The third-order valence-electron chi connectivity index (χ3n) is 2.88. The smallest absolute Gasteiger partial charge is 0.239 e. The third kappa shape index (κ3) is 4.21. The highest BCUT2D eigenvalue weighted by Crippen LogP contribution is 2.23. The quantitative estimate of drug-likeness (QED) is 0.827. The first kappa shape index (κ1) is 15.4. The summed E-state index contributed by atoms with van der Waals surface area (Å²) >= 11 is 0. The molecule has 1 aromatic carbocycles. The minimum atomic E-state index is -0.706. The van der Waals surface area contributed by atoms with Crippen molar-refractivity contribution >= 4 is 11.6 Å². The fourth-order valence-corrected chi connectivity index (χ4v) is 1.83. The number of nitrogens with zero attached hydrogens (tertiary/aromatic N) is 1. The average Bonchev–Trinajstić information content (AvgIpc) is 2.36. The molecule has 0 saturated heterocycles. The van der Waals surface area contributed by atoms with Crippen molar-refractivity contribution in [2.24, 2.45) is 0 Å². The molecule has 106 valence electrons. The molecule has 0 fully saturated rings. The van der Waals surface area contributed by atoms with Crippen molar-refractivity contribution < 1.29 is 14.3 Å². The largest absolute Gasteiger partial charge is 0.389 e. The molecule has 5 heteroatoms. The fraction of sp³-hybridized carbons (Fsp3) is 0.500. The third-order valence-corrected chi connectivity index (χ3v) is 2.88. The molecular weight excluding hydrogens is 247 g/mol. The molecule has 4 nitrogen and oxygen atoms in total. The average molecular weight is 268 g/mol. The van der Waals surface area contributed by atoms with Gasteiger partial charge in [0.25, 0.3) is 0 Å². The Balaban J connectivity index is 2.89. The summed E-state index contributed by atoms with van der Waals surface area (Å²) in [5.74, 6) is -0.562. The number of hydrogen-bond donors (Lipinski definition) is 2. The van der Waals surface area contributed by atoms with Crippen molar-refractivity contribution in [3.05, 3.63) is 29.6 Å². The van der Waals surface area contributed by atoms with Crippen molar-refractivity contribution in [3.8, 4) is 0 Å². The Morgan fingerprint density at radius 2 is 2.16 bits per heavy atom. The highest BCUT2D eigenvalue weighted by molar-refractivity contribution is 5.81. The van der Waals surface area contributed by atoms with E-state index in [0.29, 0.717) is 24.3 Å². The lowest BCUT2D eigenvalue weighted by Crippen LogP contribution is -2.37. The van der Waals surface area contributed by atoms with Crippen LogP contribution >= 0.6 is 0 Å². The van der Waals surface area contributed by atoms with Crippen LogP contribution in [0.5, 0.6) is 0 Å². The van der Waals surface area contributed by atoms with Crippen molar-refractivity contribution in [1.29, 1.82) is 0 Å². The number of halogens is 1. The Hall–Kier alpha value is -1.62. The van der Waals surface area contributed by atoms with Gasteiger partial charge in [0.15, 0.2) is 0 Å². The minimum absolute atomic E-state index is 0.120. The second-order valence-electron chi connectivity index (χ2n) is 4.35. The number of carbonyl (C=O) groups excluding carboxylic acids is 1. The number of amides is 1. The normalized spacial score (nSPS) is 12.1. The van der Waals surface area contributed by atoms with E-state index in [-0.39, 0.29) is 12.5 Å². The molecular formula is C14H21FN2O2. The van der Waals surface area contributed by atoms with Crippen molar-refractivity contribution in [1.82, 2.24) is 5.32 Å². The van der Waals surface area contributed by atoms with E-state index in [0.717, 1.165) is 0 Å². The van der Waals surface area contributed by atoms with Crippen LogP contribution in [-0.2, 0) is 4.79 Å². The lowest BCUT2D eigenvalue weighted by molar-refractivity contribution is -0.119. The minimum Gasteiger partial charge on any atom is -0.389 e. The lowest BCUT2D eigenvalue weighted by Gasteiger charge is -2.23. The summed E-state index contributed by atoms with van der Waals surface area (Å²) in [6, 6.07) is 4.57. The van der Waals surface area contributed by atoms with Gasteiger partial charge in [0.2, 0.25) is 5.91 Å². The molecule has 0 radical (unpaired) electrons. The van der Waals surface area contributed by atoms with Crippen molar-refractivity contribution in [3.63, 3.8) is 0 Å². The van der Waals surface area contributed by atoms with Gasteiger partial charge in [-0.3, -0.25) is 4.79 Å². The van der Waals surface area contributed by atoms with Gasteiger partial charge in [-0.2, -0.15) is 0 Å². The van der Waals surface area contributed by atoms with E-state index >= 15 is 0 Å². The predicted molar refractivity (Wildman–Crippen MR) is 73.6 cm³/mol. The molecule has 0 saturated carbocycles. The van der Waals surface area contributed by atoms with E-state index in [4.69, 9.17) is 0 Å². The molecule has 0 aliphatic heterocycles. The first-order valence-corrected chi connectivity index (χ1v) is 6.48. The molecule has 0 aromatic heterocycles. The van der Waals surface area contributed by atoms with Crippen molar-refractivity contribution in [2.75, 3.05) is 24.5 Å². The van der Waals surface area contributed by atoms with E-state index in [1.165, 1.54) is 6.07 Å². The number of anilines is 1. The zero-order chi connectivity index (χ0) is 14.4. The van der Waals surface area contributed by atoms with E-state index in [2.05, 4.69) is 5.32 Å². The Bertz CT molecular complexity index is 435. The van der Waals surface area contributed by atoms with Crippen LogP contribution < -0.4 is 10.2 Å². The van der Waals surface area contributed by atoms with Gasteiger partial charge in [0.05, 0.1) is 18.3 Å². The number of rotatable bonds is 6. The van der Waals surface area contributed by atoms with Crippen LogP contribution in [0.2, 0.25) is 0 Å². The molecule has 0 heterocycles. The van der Waals surface area contributed by atoms with Gasteiger partial charge in [-0.25, -0.2) is 4.39 Å². The monoisotopic (exact) mass is 268 g/mol. The van der Waals surface area contributed by atoms with Gasteiger partial charge in [0, 0.05) is 13.1 Å². The summed E-state index contributed by atoms with van der Waals surface area (Å²) < 4.78 is 14.0. The van der Waals surface area contributed by atoms with Crippen molar-refractivity contribution in [2.45, 2.75) is 26.9 Å². The van der Waals surface area contributed by atoms with E-state index in [1.54, 1.807) is 24.0 Å². The maximum absolute atomic E-state index is 14.0. The second kappa shape index (κ2) is 7.09. The summed E-state index contributed by atoms with van der Waals surface area (Å²) in [5.41, 5.74) is 0.897. The topological polar surface area (TPSA) is 52.6 Å². The molecule has 1 amide bonds. The molecule has 0 aliphatic carbocycles. The number of aliphatic hydroxyl groups excluding tert-OH is 1. The van der Waals surface area contributed by atoms with Crippen LogP contribution in [0.15, 0.2) is 18.2 Å². The summed E-state index contributed by atoms with van der Waals surface area (Å²) in [5, 5.41) is 12.1. The standard InChI is InChI=1S/C14H21FN2O2/c1-4-16-14(19)9-17(5-2)13-7-6-11(10(3)18)8-12(13)15/h6-8,10,18H,4-5,9H2,1-3H3,(H,16,19). The number of hydrogen-bond acceptors (Lipinski definition) is 3. The number of likely N-dealkylation sites (N-methyl/N-ethyl adjacent to an activating group) is 2. The van der Waals surface area contributed by atoms with Gasteiger partial charge < -0.3 is 15.3 Å². The van der Waals surface area contributed by atoms with E-state index in [9.17, 15) is 14.3 Å². The molecule has 0 bridgehead atoms. The first-order chi connectivity index (χ1) is 8.99. The number of benzene rings is 1. The zero-order valence-corrected chi connectivity index (χ0v) is 11.6. The number of carbonyl (C=O) groups is 1. The Morgan fingerprint density at radius 3 is 2.63 bits per heavy atom. The highest BCUT2D eigenvalue weighted by atomic mass is 19.1. The van der Waals surface area contributed by atoms with Gasteiger partial charge in [-0.05, 0) is 38.5 Å². The van der Waals surface area contributed by atoms with Gasteiger partial charge in [-0.1, -0.05) is 6.07 Å². The zero-order valence-electron chi connectivity index (χ0n) is 11.6. The van der Waals surface area contributed by atoms with Crippen LogP contribution in [0.25, 0.3) is 0 Å². The van der Waals surface area contributed by atoms with Crippen LogP contribution in [0.3, 0.4) is 0 Å². The predicted octanol–water partition coefficient (Wildman–Crippen LogP) is 1.84. The molecule has 1 atom stereocenters. The fourth-order valence-electron chi connectivity index (χ4n) is 1.83. The maximum atomic E-state index is 14.0. The van der Waals surface area contributed by atoms with E-state index < -0.39 is 11.9 Å². The van der Waals surface area contributed by atoms with Gasteiger partial charge in [0.1, 0.15) is 5.82 Å². The van der Waals surface area contributed by atoms with Crippen LogP contribution in [-0.4, -0.2) is 30.6 Å². The molecule has 1 unspecified atom stereocenters. The Morgan fingerprint density at radius 1 is 1.47 bits per heavy atom. The molecule has 19 heavy (non-hydrogen) atoms. The summed E-state index contributed by atoms with van der Waals surface area (Å²) in [4.78, 5) is 13.2. The summed E-state index contributed by atoms with van der Waals surface area (Å²) in [7, 11) is 0. The highest BCUT2D eigenvalue weighted by Gasteiger charge is 2.14. The number of nitrogens with one attached hydrogen (secondary N) is 1. The second-order valence-corrected chi connectivity index (χ2v) is 4.35. The van der Waals surface area contributed by atoms with Gasteiger partial charge in [-0.15, -0.1) is 0 Å². The SMILES string of the molecule is CCNC(=O)CN(CC)c1ccc(C(C)O)cc1F.